The molecule has 1 aromatic carbocycles. The molecule has 1 fully saturated rings. The van der Waals surface area contributed by atoms with Gasteiger partial charge in [-0.3, -0.25) is 4.79 Å². The summed E-state index contributed by atoms with van der Waals surface area (Å²) < 4.78 is 18.3. The molecule has 1 aliphatic heterocycles. The second kappa shape index (κ2) is 7.31. The van der Waals surface area contributed by atoms with Gasteiger partial charge in [-0.1, -0.05) is 6.07 Å². The van der Waals surface area contributed by atoms with Crippen LogP contribution >= 0.6 is 12.4 Å². The van der Waals surface area contributed by atoms with E-state index in [1.807, 2.05) is 0 Å². The molecule has 0 spiro atoms. The highest BCUT2D eigenvalue weighted by Gasteiger charge is 2.20. The lowest BCUT2D eigenvalue weighted by Gasteiger charge is -2.27. The van der Waals surface area contributed by atoms with Gasteiger partial charge in [-0.2, -0.15) is 0 Å². The number of amides is 1. The number of rotatable bonds is 5. The van der Waals surface area contributed by atoms with Gasteiger partial charge in [0.05, 0.1) is 0 Å². The first kappa shape index (κ1) is 15.7. The van der Waals surface area contributed by atoms with Gasteiger partial charge in [0, 0.05) is 31.6 Å². The molecule has 1 aromatic rings. The Bertz CT molecular complexity index is 427. The molecule has 0 radical (unpaired) electrons. The summed E-state index contributed by atoms with van der Waals surface area (Å²) in [5.74, 6) is 0.324. The zero-order chi connectivity index (χ0) is 13.0. The van der Waals surface area contributed by atoms with Crippen LogP contribution in [0, 0.1) is 11.7 Å². The van der Waals surface area contributed by atoms with Gasteiger partial charge >= 0.3 is 0 Å². The molecule has 2 rings (SSSR count). The van der Waals surface area contributed by atoms with Gasteiger partial charge in [-0.05, 0) is 19.1 Å². The Morgan fingerprint density at radius 1 is 1.58 bits per heavy atom. The van der Waals surface area contributed by atoms with Crippen molar-refractivity contribution in [1.82, 2.24) is 10.6 Å². The standard InChI is InChI=1S/C13H17FN2O2.ClH/c1-9(13(17)16-8-10-6-15-7-10)18-12-4-2-3-11(14)5-12;/h2-5,9-10,15H,6-8H2,1H3,(H,16,17);1H. The lowest BCUT2D eigenvalue weighted by Crippen LogP contribution is -2.49. The summed E-state index contributed by atoms with van der Waals surface area (Å²) in [7, 11) is 0. The summed E-state index contributed by atoms with van der Waals surface area (Å²) in [6.45, 7) is 4.20. The molecule has 6 heteroatoms. The minimum atomic E-state index is -0.625. The second-order valence-corrected chi connectivity index (χ2v) is 4.49. The fraction of sp³-hybridized carbons (Fsp3) is 0.462. The van der Waals surface area contributed by atoms with Crippen LogP contribution in [0.15, 0.2) is 24.3 Å². The number of hydrogen-bond donors (Lipinski definition) is 2. The first-order chi connectivity index (χ1) is 8.65. The Balaban J connectivity index is 0.00000180. The molecule has 1 unspecified atom stereocenters. The quantitative estimate of drug-likeness (QED) is 0.860. The van der Waals surface area contributed by atoms with Crippen molar-refractivity contribution in [3.8, 4) is 5.75 Å². The van der Waals surface area contributed by atoms with Crippen molar-refractivity contribution in [1.29, 1.82) is 0 Å². The third kappa shape index (κ3) is 4.69. The zero-order valence-corrected chi connectivity index (χ0v) is 11.5. The fourth-order valence-electron chi connectivity index (χ4n) is 1.68. The van der Waals surface area contributed by atoms with Crippen LogP contribution in [0.25, 0.3) is 0 Å². The number of halogens is 2. The van der Waals surface area contributed by atoms with Crippen molar-refractivity contribution < 1.29 is 13.9 Å². The molecule has 0 bridgehead atoms. The van der Waals surface area contributed by atoms with Crippen LogP contribution in [0.3, 0.4) is 0 Å². The maximum atomic E-state index is 12.9. The van der Waals surface area contributed by atoms with Crippen molar-refractivity contribution in [2.45, 2.75) is 13.0 Å². The highest BCUT2D eigenvalue weighted by Crippen LogP contribution is 2.13. The summed E-state index contributed by atoms with van der Waals surface area (Å²) in [5, 5.41) is 5.96. The minimum absolute atomic E-state index is 0. The van der Waals surface area contributed by atoms with Gasteiger partial charge in [-0.15, -0.1) is 12.4 Å². The average molecular weight is 289 g/mol. The molecule has 1 heterocycles. The molecule has 0 aliphatic carbocycles. The van der Waals surface area contributed by atoms with E-state index in [9.17, 15) is 9.18 Å². The third-order valence-corrected chi connectivity index (χ3v) is 2.91. The smallest absolute Gasteiger partial charge is 0.260 e. The SMILES string of the molecule is CC(Oc1cccc(F)c1)C(=O)NCC1CNC1.Cl. The minimum Gasteiger partial charge on any atom is -0.481 e. The Hall–Kier alpha value is -1.33. The predicted octanol–water partition coefficient (Wildman–Crippen LogP) is 1.35. The number of ether oxygens (including phenoxy) is 1. The molecule has 0 saturated carbocycles. The van der Waals surface area contributed by atoms with Gasteiger partial charge in [-0.25, -0.2) is 4.39 Å². The molecule has 4 nitrogen and oxygen atoms in total. The van der Waals surface area contributed by atoms with E-state index in [0.29, 0.717) is 18.2 Å². The van der Waals surface area contributed by atoms with Crippen molar-refractivity contribution in [2.24, 2.45) is 5.92 Å². The fourth-order valence-corrected chi connectivity index (χ4v) is 1.68. The summed E-state index contributed by atoms with van der Waals surface area (Å²) in [4.78, 5) is 11.7. The van der Waals surface area contributed by atoms with Crippen LogP contribution < -0.4 is 15.4 Å². The average Bonchev–Trinajstić information content (AvgIpc) is 2.26. The van der Waals surface area contributed by atoms with Crippen LogP contribution in [-0.4, -0.2) is 31.6 Å². The maximum Gasteiger partial charge on any atom is 0.260 e. The van der Waals surface area contributed by atoms with Gasteiger partial charge in [0.2, 0.25) is 0 Å². The van der Waals surface area contributed by atoms with Crippen molar-refractivity contribution >= 4 is 18.3 Å². The normalized spacial score (nSPS) is 15.9. The van der Waals surface area contributed by atoms with E-state index in [1.54, 1.807) is 19.1 Å². The lowest BCUT2D eigenvalue weighted by molar-refractivity contribution is -0.127. The van der Waals surface area contributed by atoms with E-state index in [-0.39, 0.29) is 24.1 Å². The predicted molar refractivity (Wildman–Crippen MR) is 73.1 cm³/mol. The monoisotopic (exact) mass is 288 g/mol. The first-order valence-electron chi connectivity index (χ1n) is 6.06. The number of hydrogen-bond acceptors (Lipinski definition) is 3. The van der Waals surface area contributed by atoms with Crippen molar-refractivity contribution in [3.05, 3.63) is 30.1 Å². The van der Waals surface area contributed by atoms with Gasteiger partial charge in [0.15, 0.2) is 6.10 Å². The largest absolute Gasteiger partial charge is 0.481 e. The Kier molecular flexibility index (Phi) is 6.05. The number of carbonyl (C=O) groups is 1. The molecule has 1 saturated heterocycles. The van der Waals surface area contributed by atoms with Crippen LogP contribution in [0.5, 0.6) is 5.75 Å². The van der Waals surface area contributed by atoms with E-state index in [1.165, 1.54) is 12.1 Å². The molecule has 1 amide bonds. The van der Waals surface area contributed by atoms with Crippen LogP contribution in [0.4, 0.5) is 4.39 Å². The summed E-state index contributed by atoms with van der Waals surface area (Å²) in [6, 6.07) is 5.78. The molecule has 1 atom stereocenters. The third-order valence-electron chi connectivity index (χ3n) is 2.91. The number of carbonyl (C=O) groups excluding carboxylic acids is 1. The molecule has 106 valence electrons. The topological polar surface area (TPSA) is 50.4 Å². The second-order valence-electron chi connectivity index (χ2n) is 4.49. The summed E-state index contributed by atoms with van der Waals surface area (Å²) in [6.07, 6.45) is -0.625. The van der Waals surface area contributed by atoms with Gasteiger partial charge in [0.25, 0.3) is 5.91 Å². The van der Waals surface area contributed by atoms with Gasteiger partial charge < -0.3 is 15.4 Å². The molecule has 1 aliphatic rings. The van der Waals surface area contributed by atoms with E-state index < -0.39 is 6.10 Å². The zero-order valence-electron chi connectivity index (χ0n) is 10.7. The van der Waals surface area contributed by atoms with Crippen LogP contribution in [-0.2, 0) is 4.79 Å². The van der Waals surface area contributed by atoms with Crippen molar-refractivity contribution in [2.75, 3.05) is 19.6 Å². The Morgan fingerprint density at radius 2 is 2.32 bits per heavy atom. The van der Waals surface area contributed by atoms with E-state index >= 15 is 0 Å². The van der Waals surface area contributed by atoms with Gasteiger partial charge in [0.1, 0.15) is 11.6 Å². The van der Waals surface area contributed by atoms with E-state index in [2.05, 4.69) is 10.6 Å². The summed E-state index contributed by atoms with van der Waals surface area (Å²) in [5.41, 5.74) is 0. The van der Waals surface area contributed by atoms with Crippen molar-refractivity contribution in [3.63, 3.8) is 0 Å². The van der Waals surface area contributed by atoms with Crippen LogP contribution in [0.2, 0.25) is 0 Å². The Labute approximate surface area is 118 Å². The maximum absolute atomic E-state index is 12.9. The Morgan fingerprint density at radius 3 is 2.89 bits per heavy atom. The molecule has 0 aromatic heterocycles. The first-order valence-corrected chi connectivity index (χ1v) is 6.06. The highest BCUT2D eigenvalue weighted by atomic mass is 35.5. The molecular weight excluding hydrogens is 271 g/mol. The number of nitrogens with one attached hydrogen (secondary N) is 2. The molecule has 2 N–H and O–H groups in total. The number of benzene rings is 1. The highest BCUT2D eigenvalue weighted by molar-refractivity contribution is 5.85. The molecular formula is C13H18ClFN2O2. The van der Waals surface area contributed by atoms with Crippen LogP contribution in [0.1, 0.15) is 6.92 Å². The van der Waals surface area contributed by atoms with E-state index in [4.69, 9.17) is 4.74 Å². The molecule has 19 heavy (non-hydrogen) atoms. The van der Waals surface area contributed by atoms with E-state index in [0.717, 1.165) is 13.1 Å². The lowest BCUT2D eigenvalue weighted by atomic mass is 10.0. The summed E-state index contributed by atoms with van der Waals surface area (Å²) >= 11 is 0.